The van der Waals surface area contributed by atoms with Crippen LogP contribution < -0.4 is 0 Å². The average Bonchev–Trinajstić information content (AvgIpc) is 2.53. The van der Waals surface area contributed by atoms with Crippen molar-refractivity contribution in [2.45, 2.75) is 77.6 Å². The molecule has 0 fully saturated rings. The van der Waals surface area contributed by atoms with Crippen molar-refractivity contribution in [1.29, 1.82) is 0 Å². The van der Waals surface area contributed by atoms with E-state index < -0.39 is 0 Å². The van der Waals surface area contributed by atoms with Gasteiger partial charge in [0.15, 0.2) is 0 Å². The molecular formula is C20H34O. The Hall–Kier alpha value is -0.820. The number of ether oxygens (including phenoxy) is 1. The highest BCUT2D eigenvalue weighted by molar-refractivity contribution is 5.19. The third kappa shape index (κ3) is 8.93. The topological polar surface area (TPSA) is 9.23 Å². The average molecular weight is 290 g/mol. The van der Waals surface area contributed by atoms with Crippen LogP contribution in [0.1, 0.15) is 83.1 Å². The van der Waals surface area contributed by atoms with Gasteiger partial charge in [0, 0.05) is 12.5 Å². The van der Waals surface area contributed by atoms with Crippen LogP contribution in [0.2, 0.25) is 0 Å². The summed E-state index contributed by atoms with van der Waals surface area (Å²) in [5.41, 5.74) is 1.45. The molecule has 0 aliphatic carbocycles. The molecule has 0 bridgehead atoms. The molecule has 1 unspecified atom stereocenters. The van der Waals surface area contributed by atoms with Crippen molar-refractivity contribution in [3.63, 3.8) is 0 Å². The molecule has 0 radical (unpaired) electrons. The largest absolute Gasteiger partial charge is 0.381 e. The summed E-state index contributed by atoms with van der Waals surface area (Å²) in [6, 6.07) is 10.9. The minimum absolute atomic E-state index is 0.578. The zero-order valence-electron chi connectivity index (χ0n) is 14.2. The molecule has 0 spiro atoms. The van der Waals surface area contributed by atoms with Crippen molar-refractivity contribution in [3.05, 3.63) is 35.9 Å². The van der Waals surface area contributed by atoms with Crippen LogP contribution in [0.4, 0.5) is 0 Å². The summed E-state index contributed by atoms with van der Waals surface area (Å²) in [5, 5.41) is 0. The number of hydrogen-bond donors (Lipinski definition) is 0. The maximum absolute atomic E-state index is 5.95. The molecular weight excluding hydrogens is 256 g/mol. The van der Waals surface area contributed by atoms with Crippen LogP contribution in [0.3, 0.4) is 0 Å². The first-order valence-corrected chi connectivity index (χ1v) is 9.01. The minimum Gasteiger partial charge on any atom is -0.381 e. The van der Waals surface area contributed by atoms with Crippen molar-refractivity contribution < 1.29 is 4.74 Å². The van der Waals surface area contributed by atoms with E-state index in [-0.39, 0.29) is 0 Å². The summed E-state index contributed by atoms with van der Waals surface area (Å²) < 4.78 is 5.95. The standard InChI is InChI=1S/C20H34O/c1-3-5-7-10-16-20(19-14-11-9-12-15-19)18-21-17-13-8-6-4-2/h9,11-12,14-15,20H,3-8,10,13,16-18H2,1-2H3. The van der Waals surface area contributed by atoms with Crippen LogP contribution in [0.5, 0.6) is 0 Å². The van der Waals surface area contributed by atoms with Crippen LogP contribution in [-0.4, -0.2) is 13.2 Å². The Labute approximate surface area is 132 Å². The second-order valence-electron chi connectivity index (χ2n) is 6.09. The predicted molar refractivity (Wildman–Crippen MR) is 92.9 cm³/mol. The fourth-order valence-corrected chi connectivity index (χ4v) is 2.75. The first kappa shape index (κ1) is 18.2. The Morgan fingerprint density at radius 2 is 1.48 bits per heavy atom. The molecule has 1 rings (SSSR count). The molecule has 0 aliphatic rings. The van der Waals surface area contributed by atoms with Gasteiger partial charge in [-0.15, -0.1) is 0 Å². The molecule has 0 saturated carbocycles. The second-order valence-corrected chi connectivity index (χ2v) is 6.09. The van der Waals surface area contributed by atoms with E-state index in [2.05, 4.69) is 44.2 Å². The van der Waals surface area contributed by atoms with Gasteiger partial charge >= 0.3 is 0 Å². The number of unbranched alkanes of at least 4 members (excludes halogenated alkanes) is 6. The molecule has 0 saturated heterocycles. The summed E-state index contributed by atoms with van der Waals surface area (Å²) in [6.07, 6.45) is 11.8. The van der Waals surface area contributed by atoms with Gasteiger partial charge in [-0.05, 0) is 18.4 Å². The molecule has 1 atom stereocenters. The van der Waals surface area contributed by atoms with Crippen LogP contribution in [0, 0.1) is 0 Å². The van der Waals surface area contributed by atoms with E-state index in [0.717, 1.165) is 13.2 Å². The molecule has 1 nitrogen and oxygen atoms in total. The Kier molecular flexibility index (Phi) is 11.2. The number of rotatable bonds is 13. The quantitative estimate of drug-likeness (QED) is 0.385. The molecule has 1 aromatic rings. The smallest absolute Gasteiger partial charge is 0.0534 e. The summed E-state index contributed by atoms with van der Waals surface area (Å²) in [4.78, 5) is 0. The molecule has 120 valence electrons. The van der Waals surface area contributed by atoms with Gasteiger partial charge in [-0.2, -0.15) is 0 Å². The van der Waals surface area contributed by atoms with Gasteiger partial charge in [0.2, 0.25) is 0 Å². The lowest BCUT2D eigenvalue weighted by Gasteiger charge is -2.17. The van der Waals surface area contributed by atoms with E-state index in [1.165, 1.54) is 63.4 Å². The highest BCUT2D eigenvalue weighted by atomic mass is 16.5. The Morgan fingerprint density at radius 1 is 0.810 bits per heavy atom. The summed E-state index contributed by atoms with van der Waals surface area (Å²) in [7, 11) is 0. The number of hydrogen-bond acceptors (Lipinski definition) is 1. The SMILES string of the molecule is CCCCCCOCC(CCCCCC)c1ccccc1. The fourth-order valence-electron chi connectivity index (χ4n) is 2.75. The molecule has 0 aromatic heterocycles. The van der Waals surface area contributed by atoms with Gasteiger partial charge in [0.25, 0.3) is 0 Å². The predicted octanol–water partition coefficient (Wildman–Crippen LogP) is 6.34. The van der Waals surface area contributed by atoms with Gasteiger partial charge in [-0.25, -0.2) is 0 Å². The van der Waals surface area contributed by atoms with E-state index in [1.54, 1.807) is 0 Å². The molecule has 0 N–H and O–H groups in total. The van der Waals surface area contributed by atoms with Gasteiger partial charge in [-0.1, -0.05) is 89.1 Å². The van der Waals surface area contributed by atoms with Crippen molar-refractivity contribution in [3.8, 4) is 0 Å². The molecule has 1 aromatic carbocycles. The lowest BCUT2D eigenvalue weighted by Crippen LogP contribution is -2.09. The van der Waals surface area contributed by atoms with Crippen molar-refractivity contribution in [2.75, 3.05) is 13.2 Å². The Balaban J connectivity index is 2.30. The summed E-state index contributed by atoms with van der Waals surface area (Å²) >= 11 is 0. The first-order chi connectivity index (χ1) is 10.4. The van der Waals surface area contributed by atoms with Gasteiger partial charge in [-0.3, -0.25) is 0 Å². The third-order valence-electron chi connectivity index (χ3n) is 4.14. The van der Waals surface area contributed by atoms with Crippen molar-refractivity contribution in [2.24, 2.45) is 0 Å². The van der Waals surface area contributed by atoms with E-state index in [4.69, 9.17) is 4.74 Å². The summed E-state index contributed by atoms with van der Waals surface area (Å²) in [5.74, 6) is 0.578. The Bertz CT molecular complexity index is 320. The van der Waals surface area contributed by atoms with Gasteiger partial charge in [0.05, 0.1) is 6.61 Å². The van der Waals surface area contributed by atoms with E-state index in [0.29, 0.717) is 5.92 Å². The zero-order chi connectivity index (χ0) is 15.2. The van der Waals surface area contributed by atoms with E-state index in [9.17, 15) is 0 Å². The van der Waals surface area contributed by atoms with Crippen LogP contribution >= 0.6 is 0 Å². The summed E-state index contributed by atoms with van der Waals surface area (Å²) in [6.45, 7) is 6.34. The zero-order valence-corrected chi connectivity index (χ0v) is 14.2. The third-order valence-corrected chi connectivity index (χ3v) is 4.14. The van der Waals surface area contributed by atoms with Crippen molar-refractivity contribution >= 4 is 0 Å². The normalized spacial score (nSPS) is 12.5. The monoisotopic (exact) mass is 290 g/mol. The van der Waals surface area contributed by atoms with Gasteiger partial charge in [0.1, 0.15) is 0 Å². The maximum Gasteiger partial charge on any atom is 0.0534 e. The van der Waals surface area contributed by atoms with Crippen LogP contribution in [0.15, 0.2) is 30.3 Å². The molecule has 1 heteroatoms. The Morgan fingerprint density at radius 3 is 2.14 bits per heavy atom. The fraction of sp³-hybridized carbons (Fsp3) is 0.700. The van der Waals surface area contributed by atoms with Crippen LogP contribution in [0.25, 0.3) is 0 Å². The second kappa shape index (κ2) is 12.9. The molecule has 0 aliphatic heterocycles. The lowest BCUT2D eigenvalue weighted by atomic mass is 9.94. The van der Waals surface area contributed by atoms with E-state index in [1.807, 2.05) is 0 Å². The molecule has 0 amide bonds. The maximum atomic E-state index is 5.95. The molecule has 0 heterocycles. The highest BCUT2D eigenvalue weighted by Gasteiger charge is 2.11. The van der Waals surface area contributed by atoms with Gasteiger partial charge < -0.3 is 4.74 Å². The number of benzene rings is 1. The van der Waals surface area contributed by atoms with Crippen LogP contribution in [-0.2, 0) is 4.74 Å². The highest BCUT2D eigenvalue weighted by Crippen LogP contribution is 2.23. The lowest BCUT2D eigenvalue weighted by molar-refractivity contribution is 0.113. The minimum atomic E-state index is 0.578. The van der Waals surface area contributed by atoms with Crippen molar-refractivity contribution in [1.82, 2.24) is 0 Å². The van der Waals surface area contributed by atoms with E-state index >= 15 is 0 Å². The first-order valence-electron chi connectivity index (χ1n) is 9.01. The molecule has 21 heavy (non-hydrogen) atoms.